The van der Waals surface area contributed by atoms with Crippen LogP contribution < -0.4 is 15.0 Å². The number of rotatable bonds is 5. The minimum Gasteiger partial charge on any atom is -0.492 e. The number of para-hydroxylation sites is 2. The molecule has 32 heavy (non-hydrogen) atoms. The largest absolute Gasteiger partial charge is 0.492 e. The third kappa shape index (κ3) is 3.69. The molecule has 0 saturated carbocycles. The molecule has 1 fully saturated rings. The minimum absolute atomic E-state index is 0.138. The number of aromatic nitrogens is 1. The Morgan fingerprint density at radius 2 is 1.69 bits per heavy atom. The summed E-state index contributed by atoms with van der Waals surface area (Å²) < 4.78 is 7.48. The number of benzene rings is 2. The van der Waals surface area contributed by atoms with Crippen molar-refractivity contribution in [1.82, 2.24) is 9.88 Å². The standard InChI is InChI=1S/C25H23N3O4/c1-4-32-22-13-6-5-11-21(22)28-24(30)19(23(29)26-25(28)31)15-18-10-8-14-27(18)20-12-7-9-16(2)17(20)3/h5-15H,4H2,1-3H3,(H,26,29,31)/b19-15+. The predicted octanol–water partition coefficient (Wildman–Crippen LogP) is 4.16. The first-order valence-electron chi connectivity index (χ1n) is 10.3. The van der Waals surface area contributed by atoms with Gasteiger partial charge in [-0.05, 0) is 68.3 Å². The van der Waals surface area contributed by atoms with Crippen molar-refractivity contribution in [3.05, 3.63) is 83.2 Å². The minimum atomic E-state index is -0.811. The SMILES string of the molecule is CCOc1ccccc1N1C(=O)NC(=O)/C(=C\c2cccn2-c2cccc(C)c2C)C1=O. The number of imide groups is 2. The van der Waals surface area contributed by atoms with E-state index >= 15 is 0 Å². The van der Waals surface area contributed by atoms with Crippen molar-refractivity contribution in [3.8, 4) is 11.4 Å². The molecular formula is C25H23N3O4. The average molecular weight is 429 g/mol. The maximum atomic E-state index is 13.3. The Morgan fingerprint density at radius 3 is 2.47 bits per heavy atom. The number of barbiturate groups is 1. The van der Waals surface area contributed by atoms with Crippen LogP contribution in [0.25, 0.3) is 11.8 Å². The summed E-state index contributed by atoms with van der Waals surface area (Å²) in [5.41, 5.74) is 3.95. The Labute approximate surface area is 185 Å². The van der Waals surface area contributed by atoms with Gasteiger partial charge in [0.1, 0.15) is 11.3 Å². The summed E-state index contributed by atoms with van der Waals surface area (Å²) in [5.74, 6) is -1.07. The van der Waals surface area contributed by atoms with Crippen molar-refractivity contribution in [1.29, 1.82) is 0 Å². The van der Waals surface area contributed by atoms with Crippen molar-refractivity contribution in [2.45, 2.75) is 20.8 Å². The second-order valence-corrected chi connectivity index (χ2v) is 7.38. The van der Waals surface area contributed by atoms with Crippen LogP contribution in [0.4, 0.5) is 10.5 Å². The number of hydrogen-bond acceptors (Lipinski definition) is 4. The van der Waals surface area contributed by atoms with E-state index < -0.39 is 17.8 Å². The zero-order valence-corrected chi connectivity index (χ0v) is 18.1. The number of anilines is 1. The number of nitrogens with one attached hydrogen (secondary N) is 1. The number of carbonyl (C=O) groups is 3. The molecule has 0 spiro atoms. The molecule has 0 radical (unpaired) electrons. The van der Waals surface area contributed by atoms with Gasteiger partial charge in [0.25, 0.3) is 11.8 Å². The van der Waals surface area contributed by atoms with Gasteiger partial charge in [-0.1, -0.05) is 24.3 Å². The van der Waals surface area contributed by atoms with E-state index in [0.717, 1.165) is 21.7 Å². The summed E-state index contributed by atoms with van der Waals surface area (Å²) in [6.07, 6.45) is 3.37. The van der Waals surface area contributed by atoms with Gasteiger partial charge in [-0.2, -0.15) is 0 Å². The maximum Gasteiger partial charge on any atom is 0.336 e. The lowest BCUT2D eigenvalue weighted by atomic mass is 10.1. The van der Waals surface area contributed by atoms with Gasteiger partial charge in [-0.3, -0.25) is 14.9 Å². The summed E-state index contributed by atoms with van der Waals surface area (Å²) >= 11 is 0. The molecule has 1 aliphatic heterocycles. The summed E-state index contributed by atoms with van der Waals surface area (Å²) in [7, 11) is 0. The first-order valence-corrected chi connectivity index (χ1v) is 10.3. The Balaban J connectivity index is 1.78. The normalized spacial score (nSPS) is 15.3. The molecule has 1 aliphatic rings. The van der Waals surface area contributed by atoms with Crippen LogP contribution >= 0.6 is 0 Å². The van der Waals surface area contributed by atoms with Crippen LogP contribution in [-0.2, 0) is 9.59 Å². The monoisotopic (exact) mass is 429 g/mol. The highest BCUT2D eigenvalue weighted by Gasteiger charge is 2.38. The fourth-order valence-electron chi connectivity index (χ4n) is 3.67. The van der Waals surface area contributed by atoms with E-state index in [9.17, 15) is 14.4 Å². The zero-order valence-electron chi connectivity index (χ0n) is 18.1. The van der Waals surface area contributed by atoms with Crippen LogP contribution in [0.15, 0.2) is 66.4 Å². The van der Waals surface area contributed by atoms with E-state index in [1.807, 2.05) is 61.9 Å². The number of urea groups is 1. The molecule has 7 nitrogen and oxygen atoms in total. The maximum absolute atomic E-state index is 13.3. The average Bonchev–Trinajstić information content (AvgIpc) is 3.22. The summed E-state index contributed by atoms with van der Waals surface area (Å²) in [4.78, 5) is 39.4. The van der Waals surface area contributed by atoms with Crippen LogP contribution in [-0.4, -0.2) is 29.0 Å². The molecule has 0 unspecified atom stereocenters. The topological polar surface area (TPSA) is 80.6 Å². The van der Waals surface area contributed by atoms with E-state index in [2.05, 4.69) is 5.32 Å². The molecule has 0 aliphatic carbocycles. The molecule has 0 atom stereocenters. The number of ether oxygens (including phenoxy) is 1. The molecule has 4 rings (SSSR count). The molecule has 4 amide bonds. The molecule has 2 heterocycles. The smallest absolute Gasteiger partial charge is 0.336 e. The fourth-order valence-corrected chi connectivity index (χ4v) is 3.67. The summed E-state index contributed by atoms with van der Waals surface area (Å²) in [5, 5.41) is 2.26. The lowest BCUT2D eigenvalue weighted by Gasteiger charge is -2.27. The van der Waals surface area contributed by atoms with Gasteiger partial charge in [0.2, 0.25) is 0 Å². The molecule has 0 bridgehead atoms. The van der Waals surface area contributed by atoms with Crippen molar-refractivity contribution in [2.75, 3.05) is 11.5 Å². The van der Waals surface area contributed by atoms with Crippen LogP contribution in [0.2, 0.25) is 0 Å². The molecule has 162 valence electrons. The van der Waals surface area contributed by atoms with Gasteiger partial charge >= 0.3 is 6.03 Å². The Kier molecular flexibility index (Phi) is 5.64. The molecule has 7 heteroatoms. The van der Waals surface area contributed by atoms with Crippen LogP contribution in [0, 0.1) is 13.8 Å². The molecule has 3 aromatic rings. The molecular weight excluding hydrogens is 406 g/mol. The molecule has 1 N–H and O–H groups in total. The lowest BCUT2D eigenvalue weighted by Crippen LogP contribution is -2.54. The second kappa shape index (κ2) is 8.55. The Bertz CT molecular complexity index is 1260. The lowest BCUT2D eigenvalue weighted by molar-refractivity contribution is -0.122. The highest BCUT2D eigenvalue weighted by molar-refractivity contribution is 6.39. The zero-order chi connectivity index (χ0) is 22.8. The molecule has 2 aromatic carbocycles. The Morgan fingerprint density at radius 1 is 0.938 bits per heavy atom. The first-order chi connectivity index (χ1) is 15.4. The number of amides is 4. The number of nitrogens with zero attached hydrogens (tertiary/aromatic N) is 2. The third-order valence-corrected chi connectivity index (χ3v) is 5.42. The van der Waals surface area contributed by atoms with Gasteiger partial charge in [-0.15, -0.1) is 0 Å². The van der Waals surface area contributed by atoms with Crippen molar-refractivity contribution in [2.24, 2.45) is 0 Å². The van der Waals surface area contributed by atoms with Crippen molar-refractivity contribution >= 4 is 29.6 Å². The number of aryl methyl sites for hydroxylation is 1. The first kappa shape index (κ1) is 21.1. The predicted molar refractivity (Wildman–Crippen MR) is 122 cm³/mol. The highest BCUT2D eigenvalue weighted by atomic mass is 16.5. The van der Waals surface area contributed by atoms with Crippen LogP contribution in [0.3, 0.4) is 0 Å². The third-order valence-electron chi connectivity index (χ3n) is 5.42. The highest BCUT2D eigenvalue weighted by Crippen LogP contribution is 2.31. The van der Waals surface area contributed by atoms with E-state index in [1.165, 1.54) is 6.08 Å². The summed E-state index contributed by atoms with van der Waals surface area (Å²) in [6, 6.07) is 15.5. The Hall–Kier alpha value is -4.13. The van der Waals surface area contributed by atoms with Crippen LogP contribution in [0.1, 0.15) is 23.7 Å². The number of hydrogen-bond donors (Lipinski definition) is 1. The van der Waals surface area contributed by atoms with Crippen molar-refractivity contribution in [3.63, 3.8) is 0 Å². The van der Waals surface area contributed by atoms with E-state index in [1.54, 1.807) is 24.3 Å². The van der Waals surface area contributed by atoms with E-state index in [4.69, 9.17) is 4.74 Å². The van der Waals surface area contributed by atoms with Crippen molar-refractivity contribution < 1.29 is 19.1 Å². The van der Waals surface area contributed by atoms with Gasteiger partial charge in [0.15, 0.2) is 0 Å². The summed E-state index contributed by atoms with van der Waals surface area (Å²) in [6.45, 7) is 6.22. The fraction of sp³-hybridized carbons (Fsp3) is 0.160. The van der Waals surface area contributed by atoms with Crippen LogP contribution in [0.5, 0.6) is 5.75 Å². The quantitative estimate of drug-likeness (QED) is 0.488. The number of carbonyl (C=O) groups excluding carboxylic acids is 3. The van der Waals surface area contributed by atoms with Gasteiger partial charge < -0.3 is 9.30 Å². The van der Waals surface area contributed by atoms with E-state index in [0.29, 0.717) is 18.1 Å². The second-order valence-electron chi connectivity index (χ2n) is 7.38. The van der Waals surface area contributed by atoms with Gasteiger partial charge in [0, 0.05) is 17.6 Å². The van der Waals surface area contributed by atoms with E-state index in [-0.39, 0.29) is 11.3 Å². The van der Waals surface area contributed by atoms with Gasteiger partial charge in [0.05, 0.1) is 12.3 Å². The van der Waals surface area contributed by atoms with Gasteiger partial charge in [-0.25, -0.2) is 9.69 Å². The molecule has 1 saturated heterocycles. The molecule has 1 aromatic heterocycles.